The van der Waals surface area contributed by atoms with Crippen LogP contribution in [0, 0.1) is 0 Å². The zero-order valence-corrected chi connectivity index (χ0v) is 14.3. The zero-order valence-electron chi connectivity index (χ0n) is 14.3. The van der Waals surface area contributed by atoms with Crippen LogP contribution < -0.4 is 0 Å². The largest absolute Gasteiger partial charge is 0.418 e. The number of benzene rings is 1. The summed E-state index contributed by atoms with van der Waals surface area (Å²) in [6.07, 6.45) is 1.91. The van der Waals surface area contributed by atoms with Crippen LogP contribution in [0.2, 0.25) is 0 Å². The lowest BCUT2D eigenvalue weighted by Crippen LogP contribution is -2.20. The van der Waals surface area contributed by atoms with Crippen molar-refractivity contribution in [2.75, 3.05) is 0 Å². The van der Waals surface area contributed by atoms with E-state index in [9.17, 15) is 18.3 Å². The number of aryl methyl sites for hydroxylation is 1. The Morgan fingerprint density at radius 3 is 2.12 bits per heavy atom. The smallest absolute Gasteiger partial charge is 0.379 e. The number of unbranched alkanes of at least 4 members (excludes halogenated alkanes) is 4. The van der Waals surface area contributed by atoms with E-state index in [1.165, 1.54) is 31.2 Å². The minimum Gasteiger partial charge on any atom is -0.379 e. The second-order valence-electron chi connectivity index (χ2n) is 6.15. The summed E-state index contributed by atoms with van der Waals surface area (Å²) in [6.45, 7) is 2.19. The van der Waals surface area contributed by atoms with Gasteiger partial charge in [-0.15, -0.1) is 0 Å². The Hall–Kier alpha value is -1.95. The Morgan fingerprint density at radius 2 is 1.56 bits per heavy atom. The van der Waals surface area contributed by atoms with Crippen molar-refractivity contribution in [1.29, 1.82) is 0 Å². The maximum atomic E-state index is 12.5. The molecule has 0 fully saturated rings. The lowest BCUT2D eigenvalue weighted by Gasteiger charge is -2.14. The van der Waals surface area contributed by atoms with Gasteiger partial charge in [0.05, 0.1) is 0 Å². The van der Waals surface area contributed by atoms with E-state index in [-0.39, 0.29) is 5.56 Å². The fourth-order valence-corrected chi connectivity index (χ4v) is 2.57. The summed E-state index contributed by atoms with van der Waals surface area (Å²) in [5, 5.41) is 9.19. The number of aromatic nitrogens is 2. The molecule has 0 bridgehead atoms. The molecule has 0 amide bonds. The van der Waals surface area contributed by atoms with Gasteiger partial charge in [-0.25, -0.2) is 9.97 Å². The molecule has 2 rings (SSSR count). The Balaban J connectivity index is 1.95. The van der Waals surface area contributed by atoms with Gasteiger partial charge in [-0.05, 0) is 18.4 Å². The zero-order chi connectivity index (χ0) is 18.3. The molecule has 0 radical (unpaired) electrons. The summed E-state index contributed by atoms with van der Waals surface area (Å²) in [6, 6.07) is 7.74. The SMILES string of the molecule is CCCCCCCc1ccc(-c2ncc(C(O)C(F)(F)F)cn2)cc1. The Bertz CT molecular complexity index is 639. The van der Waals surface area contributed by atoms with Crippen LogP contribution in [-0.2, 0) is 6.42 Å². The molecule has 25 heavy (non-hydrogen) atoms. The highest BCUT2D eigenvalue weighted by Gasteiger charge is 2.39. The standard InChI is InChI=1S/C19H23F3N2O/c1-2-3-4-5-6-7-14-8-10-15(11-9-14)18-23-12-16(13-24-18)17(25)19(20,21)22/h8-13,17,25H,2-7H2,1H3. The third-order valence-corrected chi connectivity index (χ3v) is 4.08. The predicted octanol–water partition coefficient (Wildman–Crippen LogP) is 5.25. The second kappa shape index (κ2) is 8.94. The first-order valence-electron chi connectivity index (χ1n) is 8.58. The van der Waals surface area contributed by atoms with Gasteiger partial charge in [0.2, 0.25) is 0 Å². The topological polar surface area (TPSA) is 46.0 Å². The highest BCUT2D eigenvalue weighted by Crippen LogP contribution is 2.32. The maximum Gasteiger partial charge on any atom is 0.418 e. The molecule has 1 aromatic carbocycles. The van der Waals surface area contributed by atoms with Crippen molar-refractivity contribution in [2.24, 2.45) is 0 Å². The van der Waals surface area contributed by atoms with Gasteiger partial charge >= 0.3 is 6.18 Å². The third kappa shape index (κ3) is 5.81. The van der Waals surface area contributed by atoms with Crippen molar-refractivity contribution >= 4 is 0 Å². The van der Waals surface area contributed by atoms with E-state index < -0.39 is 12.3 Å². The van der Waals surface area contributed by atoms with Crippen LogP contribution in [0.3, 0.4) is 0 Å². The summed E-state index contributed by atoms with van der Waals surface area (Å²) < 4.78 is 37.4. The van der Waals surface area contributed by atoms with Gasteiger partial charge in [-0.3, -0.25) is 0 Å². The molecule has 6 heteroatoms. The second-order valence-corrected chi connectivity index (χ2v) is 6.15. The number of alkyl halides is 3. The van der Waals surface area contributed by atoms with E-state index in [1.807, 2.05) is 24.3 Å². The van der Waals surface area contributed by atoms with E-state index >= 15 is 0 Å². The third-order valence-electron chi connectivity index (χ3n) is 4.08. The molecule has 2 aromatic rings. The quantitative estimate of drug-likeness (QED) is 0.660. The number of halogens is 3. The Morgan fingerprint density at radius 1 is 0.960 bits per heavy atom. The molecule has 1 aromatic heterocycles. The number of aliphatic hydroxyl groups excluding tert-OH is 1. The van der Waals surface area contributed by atoms with Crippen LogP contribution in [-0.4, -0.2) is 21.3 Å². The maximum absolute atomic E-state index is 12.5. The first-order valence-corrected chi connectivity index (χ1v) is 8.58. The van der Waals surface area contributed by atoms with Crippen LogP contribution in [0.25, 0.3) is 11.4 Å². The fraction of sp³-hybridized carbons (Fsp3) is 0.474. The summed E-state index contributed by atoms with van der Waals surface area (Å²) in [5.41, 5.74) is 1.60. The van der Waals surface area contributed by atoms with Gasteiger partial charge < -0.3 is 5.11 Å². The number of nitrogens with zero attached hydrogens (tertiary/aromatic N) is 2. The summed E-state index contributed by atoms with van der Waals surface area (Å²) in [5.74, 6) is 0.340. The van der Waals surface area contributed by atoms with Crippen molar-refractivity contribution in [3.63, 3.8) is 0 Å². The Labute approximate surface area is 146 Å². The highest BCUT2D eigenvalue weighted by atomic mass is 19.4. The molecule has 0 aliphatic rings. The summed E-state index contributed by atoms with van der Waals surface area (Å²) >= 11 is 0. The molecule has 3 nitrogen and oxygen atoms in total. The number of rotatable bonds is 8. The average molecular weight is 352 g/mol. The highest BCUT2D eigenvalue weighted by molar-refractivity contribution is 5.55. The van der Waals surface area contributed by atoms with Crippen LogP contribution >= 0.6 is 0 Å². The molecule has 1 heterocycles. The molecular weight excluding hydrogens is 329 g/mol. The molecule has 0 aliphatic carbocycles. The monoisotopic (exact) mass is 352 g/mol. The van der Waals surface area contributed by atoms with Crippen LogP contribution in [0.5, 0.6) is 0 Å². The number of hydrogen-bond acceptors (Lipinski definition) is 3. The van der Waals surface area contributed by atoms with Crippen molar-refractivity contribution in [3.8, 4) is 11.4 Å². The van der Waals surface area contributed by atoms with Crippen LogP contribution in [0.15, 0.2) is 36.7 Å². The van der Waals surface area contributed by atoms with Crippen LogP contribution in [0.1, 0.15) is 56.3 Å². The van der Waals surface area contributed by atoms with Crippen molar-refractivity contribution in [1.82, 2.24) is 9.97 Å². The first-order chi connectivity index (χ1) is 11.9. The summed E-state index contributed by atoms with van der Waals surface area (Å²) in [4.78, 5) is 7.88. The molecule has 1 N–H and O–H groups in total. The normalized spacial score (nSPS) is 13.0. The van der Waals surface area contributed by atoms with Gasteiger partial charge in [0.1, 0.15) is 0 Å². The lowest BCUT2D eigenvalue weighted by molar-refractivity contribution is -0.206. The number of hydrogen-bond donors (Lipinski definition) is 1. The van der Waals surface area contributed by atoms with Gasteiger partial charge in [-0.1, -0.05) is 56.9 Å². The average Bonchev–Trinajstić information content (AvgIpc) is 2.61. The van der Waals surface area contributed by atoms with Crippen molar-refractivity contribution in [2.45, 2.75) is 57.7 Å². The van der Waals surface area contributed by atoms with Crippen molar-refractivity contribution in [3.05, 3.63) is 47.8 Å². The molecule has 0 spiro atoms. The van der Waals surface area contributed by atoms with Gasteiger partial charge in [0.25, 0.3) is 0 Å². The first kappa shape index (κ1) is 19.4. The van der Waals surface area contributed by atoms with E-state index in [2.05, 4.69) is 16.9 Å². The predicted molar refractivity (Wildman–Crippen MR) is 90.9 cm³/mol. The van der Waals surface area contributed by atoms with Crippen LogP contribution in [0.4, 0.5) is 13.2 Å². The van der Waals surface area contributed by atoms with E-state index in [0.717, 1.165) is 30.8 Å². The molecular formula is C19H23F3N2O. The molecule has 0 saturated carbocycles. The summed E-state index contributed by atoms with van der Waals surface area (Å²) in [7, 11) is 0. The molecule has 136 valence electrons. The van der Waals surface area contributed by atoms with E-state index in [4.69, 9.17) is 0 Å². The van der Waals surface area contributed by atoms with Crippen molar-refractivity contribution < 1.29 is 18.3 Å². The molecule has 0 saturated heterocycles. The lowest BCUT2D eigenvalue weighted by atomic mass is 10.0. The minimum atomic E-state index is -4.72. The molecule has 1 atom stereocenters. The minimum absolute atomic E-state index is 0.340. The molecule has 1 unspecified atom stereocenters. The molecule has 0 aliphatic heterocycles. The van der Waals surface area contributed by atoms with E-state index in [1.54, 1.807) is 0 Å². The Kier molecular flexibility index (Phi) is 6.93. The van der Waals surface area contributed by atoms with Gasteiger partial charge in [-0.2, -0.15) is 13.2 Å². The van der Waals surface area contributed by atoms with Gasteiger partial charge in [0, 0.05) is 23.5 Å². The van der Waals surface area contributed by atoms with Gasteiger partial charge in [0.15, 0.2) is 11.9 Å². The fourth-order valence-electron chi connectivity index (χ4n) is 2.57. The number of aliphatic hydroxyl groups is 1. The van der Waals surface area contributed by atoms with E-state index in [0.29, 0.717) is 5.82 Å².